The van der Waals surface area contributed by atoms with Gasteiger partial charge in [-0.25, -0.2) is 9.59 Å². The van der Waals surface area contributed by atoms with E-state index in [1.165, 1.54) is 0 Å². The number of hydrogen-bond acceptors (Lipinski definition) is 14. The van der Waals surface area contributed by atoms with Crippen molar-refractivity contribution in [2.24, 2.45) is 0 Å². The normalized spacial score (nSPS) is 11.0. The molecule has 0 aromatic heterocycles. The van der Waals surface area contributed by atoms with Gasteiger partial charge in [0, 0.05) is 49.6 Å². The second kappa shape index (κ2) is 12.5. The summed E-state index contributed by atoms with van der Waals surface area (Å²) < 4.78 is 8.69. The molecule has 0 aliphatic heterocycles. The molecule has 0 fully saturated rings. The standard InChI is InChI=1S/C14H18O14.Ca/c15-7(16)3-13(25,4-8(17)18)11(23)27-1-2-28-12(24)14(26,5-9(19)20)6-10(21)22;/h25-26H,1-6H2,(H,15,16)(H,17,18)(H,19,20)(H,21,22);/q;+2/p-4. The molecule has 0 heterocycles. The Morgan fingerprint density at radius 3 is 0.966 bits per heavy atom. The predicted molar refractivity (Wildman–Crippen MR) is 76.1 cm³/mol. The fourth-order valence-electron chi connectivity index (χ4n) is 1.91. The Labute approximate surface area is 192 Å². The zero-order chi connectivity index (χ0) is 22.1. The van der Waals surface area contributed by atoms with Crippen LogP contribution in [0.5, 0.6) is 0 Å². The van der Waals surface area contributed by atoms with Crippen LogP contribution in [0, 0.1) is 0 Å². The van der Waals surface area contributed by atoms with Gasteiger partial charge < -0.3 is 59.3 Å². The number of carbonyl (C=O) groups is 6. The van der Waals surface area contributed by atoms with Crippen LogP contribution in [0.1, 0.15) is 25.7 Å². The molecule has 0 aromatic carbocycles. The first kappa shape index (κ1) is 29.2. The van der Waals surface area contributed by atoms with Gasteiger partial charge in [0.2, 0.25) is 0 Å². The van der Waals surface area contributed by atoms with Crippen LogP contribution in [-0.2, 0) is 38.2 Å². The summed E-state index contributed by atoms with van der Waals surface area (Å²) in [5.41, 5.74) is -6.07. The summed E-state index contributed by atoms with van der Waals surface area (Å²) in [5.74, 6) is -11.4. The van der Waals surface area contributed by atoms with Crippen molar-refractivity contribution in [2.75, 3.05) is 13.2 Å². The van der Waals surface area contributed by atoms with Crippen LogP contribution in [0.3, 0.4) is 0 Å². The number of rotatable bonds is 13. The summed E-state index contributed by atoms with van der Waals surface area (Å²) in [6, 6.07) is 0. The molecule has 0 spiro atoms. The van der Waals surface area contributed by atoms with Gasteiger partial charge in [-0.3, -0.25) is 0 Å². The molecule has 0 unspecified atom stereocenters. The summed E-state index contributed by atoms with van der Waals surface area (Å²) in [6.07, 6.45) is -5.79. The third-order valence-corrected chi connectivity index (χ3v) is 3.06. The van der Waals surface area contributed by atoms with Gasteiger partial charge in [0.05, 0.1) is 0 Å². The molecule has 0 aliphatic carbocycles. The van der Waals surface area contributed by atoms with Crippen molar-refractivity contribution in [3.63, 3.8) is 0 Å². The fourth-order valence-corrected chi connectivity index (χ4v) is 1.91. The van der Waals surface area contributed by atoms with Crippen LogP contribution in [0.2, 0.25) is 0 Å². The molecule has 29 heavy (non-hydrogen) atoms. The second-order valence-electron chi connectivity index (χ2n) is 5.53. The third kappa shape index (κ3) is 10.9. The van der Waals surface area contributed by atoms with Gasteiger partial charge in [-0.2, -0.15) is 0 Å². The first-order valence-corrected chi connectivity index (χ1v) is 7.30. The zero-order valence-corrected chi connectivity index (χ0v) is 17.0. The van der Waals surface area contributed by atoms with Gasteiger partial charge in [-0.1, -0.05) is 0 Å². The Kier molecular flexibility index (Phi) is 12.6. The van der Waals surface area contributed by atoms with Crippen LogP contribution < -0.4 is 20.4 Å². The minimum Gasteiger partial charge on any atom is -0.550 e. The van der Waals surface area contributed by atoms with E-state index < -0.39 is 85.9 Å². The quantitative estimate of drug-likeness (QED) is 0.151. The molecular formula is C14H14CaO14-2. The molecule has 0 bridgehead atoms. The minimum atomic E-state index is -3.04. The van der Waals surface area contributed by atoms with E-state index in [1.54, 1.807) is 0 Å². The Bertz CT molecular complexity index is 569. The van der Waals surface area contributed by atoms with Gasteiger partial charge in [0.1, 0.15) is 13.2 Å². The monoisotopic (exact) mass is 446 g/mol. The number of carboxylic acids is 4. The summed E-state index contributed by atoms with van der Waals surface area (Å²) in [7, 11) is 0. The molecule has 0 atom stereocenters. The van der Waals surface area contributed by atoms with Crippen LogP contribution in [0.25, 0.3) is 0 Å². The number of carbonyl (C=O) groups excluding carboxylic acids is 6. The average Bonchev–Trinajstić information content (AvgIpc) is 2.47. The zero-order valence-electron chi connectivity index (χ0n) is 14.7. The molecule has 0 aromatic rings. The topological polar surface area (TPSA) is 254 Å². The first-order valence-electron chi connectivity index (χ1n) is 7.30. The van der Waals surface area contributed by atoms with Crippen LogP contribution in [0.4, 0.5) is 0 Å². The summed E-state index contributed by atoms with van der Waals surface area (Å²) in [6.45, 7) is -1.81. The number of aliphatic hydroxyl groups is 2. The third-order valence-electron chi connectivity index (χ3n) is 3.06. The van der Waals surface area contributed by atoms with Gasteiger partial charge in [0.15, 0.2) is 11.2 Å². The molecule has 0 radical (unpaired) electrons. The molecule has 158 valence electrons. The molecule has 15 heteroatoms. The van der Waals surface area contributed by atoms with Crippen LogP contribution in [0.15, 0.2) is 0 Å². The molecule has 0 rings (SSSR count). The van der Waals surface area contributed by atoms with Crippen molar-refractivity contribution in [3.05, 3.63) is 0 Å². The van der Waals surface area contributed by atoms with Crippen molar-refractivity contribution in [2.45, 2.75) is 36.9 Å². The van der Waals surface area contributed by atoms with Crippen molar-refractivity contribution < 1.29 is 68.9 Å². The summed E-state index contributed by atoms with van der Waals surface area (Å²) in [4.78, 5) is 65.3. The van der Waals surface area contributed by atoms with Gasteiger partial charge in [-0.15, -0.1) is 0 Å². The van der Waals surface area contributed by atoms with Crippen LogP contribution >= 0.6 is 0 Å². The van der Waals surface area contributed by atoms with E-state index in [4.69, 9.17) is 0 Å². The molecule has 2 N–H and O–H groups in total. The van der Waals surface area contributed by atoms with E-state index in [1.807, 2.05) is 0 Å². The van der Waals surface area contributed by atoms with E-state index >= 15 is 0 Å². The Balaban J connectivity index is 0. The maximum atomic E-state index is 11.7. The van der Waals surface area contributed by atoms with Crippen LogP contribution in [-0.4, -0.2) is 108 Å². The van der Waals surface area contributed by atoms with E-state index in [-0.39, 0.29) is 37.7 Å². The number of ether oxygens (including phenoxy) is 2. The average molecular weight is 446 g/mol. The molecule has 0 saturated heterocycles. The Morgan fingerprint density at radius 2 is 0.793 bits per heavy atom. The summed E-state index contributed by atoms with van der Waals surface area (Å²) in [5, 5.41) is 61.5. The predicted octanol–water partition coefficient (Wildman–Crippen LogP) is -8.29. The van der Waals surface area contributed by atoms with Crippen molar-refractivity contribution in [1.82, 2.24) is 0 Å². The number of carboxylic acid groups (broad SMARTS) is 4. The Morgan fingerprint density at radius 1 is 0.586 bits per heavy atom. The SMILES string of the molecule is O=C([O-])CC(O)(CC(=O)[O-])C(=O)OCCOC(=O)C(O)(CC(=O)[O-])CC(=O)[O-].[Ca+2]. The molecule has 0 saturated carbocycles. The fraction of sp³-hybridized carbons (Fsp3) is 0.571. The van der Waals surface area contributed by atoms with Crippen molar-refractivity contribution in [3.8, 4) is 0 Å². The largest absolute Gasteiger partial charge is 2.00 e. The first-order chi connectivity index (χ1) is 12.7. The van der Waals surface area contributed by atoms with Gasteiger partial charge in [-0.05, 0) is 0 Å². The van der Waals surface area contributed by atoms with E-state index in [0.717, 1.165) is 0 Å². The minimum absolute atomic E-state index is 0. The van der Waals surface area contributed by atoms with Gasteiger partial charge in [0.25, 0.3) is 0 Å². The molecular weight excluding hydrogens is 432 g/mol. The number of aliphatic carboxylic acids is 4. The Hall–Kier alpha value is -2.00. The van der Waals surface area contributed by atoms with E-state index in [9.17, 15) is 59.4 Å². The molecule has 14 nitrogen and oxygen atoms in total. The van der Waals surface area contributed by atoms with Crippen molar-refractivity contribution >= 4 is 73.6 Å². The van der Waals surface area contributed by atoms with E-state index in [2.05, 4.69) is 9.47 Å². The number of esters is 2. The number of hydrogen-bond donors (Lipinski definition) is 2. The second-order valence-corrected chi connectivity index (χ2v) is 5.53. The maximum Gasteiger partial charge on any atom is 2.00 e. The molecule has 0 aliphatic rings. The van der Waals surface area contributed by atoms with Gasteiger partial charge >= 0.3 is 49.7 Å². The smallest absolute Gasteiger partial charge is 0.550 e. The van der Waals surface area contributed by atoms with Crippen molar-refractivity contribution in [1.29, 1.82) is 0 Å². The molecule has 0 amide bonds. The maximum absolute atomic E-state index is 11.7. The van der Waals surface area contributed by atoms with E-state index in [0.29, 0.717) is 0 Å². The summed E-state index contributed by atoms with van der Waals surface area (Å²) >= 11 is 0.